The lowest BCUT2D eigenvalue weighted by molar-refractivity contribution is -0.133. The number of aromatic nitrogens is 1. The number of carbonyl (C=O) groups excluding carboxylic acids is 1. The first kappa shape index (κ1) is 17.4. The Morgan fingerprint density at radius 3 is 3.00 bits per heavy atom. The molecule has 1 aliphatic rings. The molecule has 0 saturated carbocycles. The summed E-state index contributed by atoms with van der Waals surface area (Å²) in [4.78, 5) is 19.1. The molecule has 1 aromatic heterocycles. The molecule has 0 bridgehead atoms. The van der Waals surface area contributed by atoms with Crippen LogP contribution in [0.2, 0.25) is 0 Å². The lowest BCUT2D eigenvalue weighted by Gasteiger charge is -2.36. The highest BCUT2D eigenvalue weighted by molar-refractivity contribution is 5.79. The van der Waals surface area contributed by atoms with Gasteiger partial charge < -0.3 is 15.0 Å². The Morgan fingerprint density at radius 2 is 2.24 bits per heavy atom. The van der Waals surface area contributed by atoms with Crippen molar-refractivity contribution in [3.63, 3.8) is 0 Å². The van der Waals surface area contributed by atoms with Gasteiger partial charge in [0.25, 0.3) is 0 Å². The third-order valence-electron chi connectivity index (χ3n) is 4.26. The summed E-state index contributed by atoms with van der Waals surface area (Å²) >= 11 is 0. The first-order valence-corrected chi connectivity index (χ1v) is 8.79. The fourth-order valence-electron chi connectivity index (χ4n) is 3.15. The summed E-state index contributed by atoms with van der Waals surface area (Å²) in [6, 6.07) is 11.8. The van der Waals surface area contributed by atoms with Crippen LogP contribution in [0.15, 0.2) is 48.8 Å². The summed E-state index contributed by atoms with van der Waals surface area (Å²) in [5, 5.41) is 3.37. The molecule has 1 saturated heterocycles. The molecule has 5 nitrogen and oxygen atoms in total. The average molecular weight is 339 g/mol. The van der Waals surface area contributed by atoms with Crippen LogP contribution in [0.5, 0.6) is 5.75 Å². The molecular formula is C20H25N3O2. The standard InChI is InChI=1S/C20H25N3O2/c1-15(2)25-18-7-3-5-16(11-18)12-20(24)23-10-9-22-14-19(23)17-6-4-8-21-13-17/h3-8,11,13,15,19,22H,9-10,12,14H2,1-2H3. The zero-order valence-electron chi connectivity index (χ0n) is 14.8. The van der Waals surface area contributed by atoms with Gasteiger partial charge in [-0.05, 0) is 43.2 Å². The van der Waals surface area contributed by atoms with E-state index >= 15 is 0 Å². The molecule has 5 heteroatoms. The predicted octanol–water partition coefficient (Wildman–Crippen LogP) is 2.58. The number of benzene rings is 1. The maximum absolute atomic E-state index is 12.9. The van der Waals surface area contributed by atoms with Crippen molar-refractivity contribution in [3.8, 4) is 5.75 Å². The van der Waals surface area contributed by atoms with Crippen molar-refractivity contribution in [2.75, 3.05) is 19.6 Å². The van der Waals surface area contributed by atoms with Crippen molar-refractivity contribution in [2.24, 2.45) is 0 Å². The monoisotopic (exact) mass is 339 g/mol. The molecule has 0 radical (unpaired) electrons. The molecular weight excluding hydrogens is 314 g/mol. The third-order valence-corrected chi connectivity index (χ3v) is 4.26. The number of amides is 1. The third kappa shape index (κ3) is 4.57. The molecule has 0 aliphatic carbocycles. The minimum Gasteiger partial charge on any atom is -0.491 e. The summed E-state index contributed by atoms with van der Waals surface area (Å²) in [5.41, 5.74) is 2.05. The lowest BCUT2D eigenvalue weighted by atomic mass is 10.0. The van der Waals surface area contributed by atoms with Gasteiger partial charge in [-0.15, -0.1) is 0 Å². The van der Waals surface area contributed by atoms with Crippen molar-refractivity contribution in [1.82, 2.24) is 15.2 Å². The number of ether oxygens (including phenoxy) is 1. The smallest absolute Gasteiger partial charge is 0.227 e. The number of carbonyl (C=O) groups is 1. The van der Waals surface area contributed by atoms with Crippen molar-refractivity contribution in [2.45, 2.75) is 32.4 Å². The maximum Gasteiger partial charge on any atom is 0.227 e. The quantitative estimate of drug-likeness (QED) is 0.910. The van der Waals surface area contributed by atoms with E-state index in [4.69, 9.17) is 4.74 Å². The minimum absolute atomic E-state index is 0.0325. The number of nitrogens with zero attached hydrogens (tertiary/aromatic N) is 2. The second-order valence-corrected chi connectivity index (χ2v) is 6.58. The van der Waals surface area contributed by atoms with Gasteiger partial charge in [-0.3, -0.25) is 9.78 Å². The first-order valence-electron chi connectivity index (χ1n) is 8.79. The lowest BCUT2D eigenvalue weighted by Crippen LogP contribution is -2.49. The maximum atomic E-state index is 12.9. The summed E-state index contributed by atoms with van der Waals surface area (Å²) in [6.45, 7) is 6.28. The van der Waals surface area contributed by atoms with Crippen LogP contribution in [0.25, 0.3) is 0 Å². The first-order chi connectivity index (χ1) is 12.1. The highest BCUT2D eigenvalue weighted by atomic mass is 16.5. The summed E-state index contributed by atoms with van der Waals surface area (Å²) < 4.78 is 5.73. The number of pyridine rings is 1. The van der Waals surface area contributed by atoms with Crippen LogP contribution in [-0.4, -0.2) is 41.5 Å². The molecule has 1 unspecified atom stereocenters. The van der Waals surface area contributed by atoms with Gasteiger partial charge in [0.15, 0.2) is 0 Å². The Balaban J connectivity index is 1.73. The van der Waals surface area contributed by atoms with Gasteiger partial charge >= 0.3 is 0 Å². The number of hydrogen-bond acceptors (Lipinski definition) is 4. The molecule has 2 aromatic rings. The Bertz CT molecular complexity index is 703. The van der Waals surface area contributed by atoms with Gasteiger partial charge in [-0.25, -0.2) is 0 Å². The molecule has 2 heterocycles. The van der Waals surface area contributed by atoms with E-state index in [9.17, 15) is 4.79 Å². The van der Waals surface area contributed by atoms with Gasteiger partial charge in [0.1, 0.15) is 5.75 Å². The van der Waals surface area contributed by atoms with Crippen molar-refractivity contribution < 1.29 is 9.53 Å². The van der Waals surface area contributed by atoms with Gasteiger partial charge in [0.05, 0.1) is 18.6 Å². The Labute approximate surface area is 149 Å². The molecule has 25 heavy (non-hydrogen) atoms. The summed E-state index contributed by atoms with van der Waals surface area (Å²) in [6.07, 6.45) is 4.10. The van der Waals surface area contributed by atoms with Crippen LogP contribution in [0.4, 0.5) is 0 Å². The van der Waals surface area contributed by atoms with Crippen molar-refractivity contribution in [3.05, 3.63) is 59.9 Å². The Kier molecular flexibility index (Phi) is 5.66. The molecule has 1 aromatic carbocycles. The van der Waals surface area contributed by atoms with E-state index in [2.05, 4.69) is 10.3 Å². The topological polar surface area (TPSA) is 54.5 Å². The predicted molar refractivity (Wildman–Crippen MR) is 97.5 cm³/mol. The average Bonchev–Trinajstić information content (AvgIpc) is 2.62. The van der Waals surface area contributed by atoms with Gasteiger partial charge in [-0.1, -0.05) is 18.2 Å². The fourth-order valence-corrected chi connectivity index (χ4v) is 3.15. The van der Waals surface area contributed by atoms with Crippen LogP contribution in [-0.2, 0) is 11.2 Å². The molecule has 0 spiro atoms. The highest BCUT2D eigenvalue weighted by Crippen LogP contribution is 2.23. The molecule has 1 fully saturated rings. The second kappa shape index (κ2) is 8.12. The van der Waals surface area contributed by atoms with Crippen LogP contribution < -0.4 is 10.1 Å². The van der Waals surface area contributed by atoms with E-state index in [-0.39, 0.29) is 18.1 Å². The van der Waals surface area contributed by atoms with Gasteiger partial charge in [0.2, 0.25) is 5.91 Å². The molecule has 1 atom stereocenters. The normalized spacial score (nSPS) is 17.6. The number of rotatable bonds is 5. The Hall–Kier alpha value is -2.40. The molecule has 1 amide bonds. The molecule has 3 rings (SSSR count). The van der Waals surface area contributed by atoms with E-state index in [1.807, 2.05) is 61.3 Å². The largest absolute Gasteiger partial charge is 0.491 e. The minimum atomic E-state index is 0.0325. The number of nitrogens with one attached hydrogen (secondary N) is 1. The number of hydrogen-bond donors (Lipinski definition) is 1. The van der Waals surface area contributed by atoms with E-state index < -0.39 is 0 Å². The van der Waals surface area contributed by atoms with Crippen LogP contribution in [0.1, 0.15) is 31.0 Å². The van der Waals surface area contributed by atoms with Crippen molar-refractivity contribution in [1.29, 1.82) is 0 Å². The van der Waals surface area contributed by atoms with Crippen LogP contribution >= 0.6 is 0 Å². The second-order valence-electron chi connectivity index (χ2n) is 6.58. The molecule has 1 N–H and O–H groups in total. The zero-order chi connectivity index (χ0) is 17.6. The van der Waals surface area contributed by atoms with E-state index in [0.717, 1.165) is 30.0 Å². The molecule has 1 aliphatic heterocycles. The fraction of sp³-hybridized carbons (Fsp3) is 0.400. The van der Waals surface area contributed by atoms with E-state index in [1.165, 1.54) is 0 Å². The van der Waals surface area contributed by atoms with E-state index in [1.54, 1.807) is 6.20 Å². The Morgan fingerprint density at radius 1 is 1.36 bits per heavy atom. The van der Waals surface area contributed by atoms with Crippen LogP contribution in [0.3, 0.4) is 0 Å². The highest BCUT2D eigenvalue weighted by Gasteiger charge is 2.27. The molecule has 132 valence electrons. The SMILES string of the molecule is CC(C)Oc1cccc(CC(=O)N2CCNCC2c2cccnc2)c1. The zero-order valence-corrected chi connectivity index (χ0v) is 14.8. The summed E-state index contributed by atoms with van der Waals surface area (Å²) in [5.74, 6) is 0.946. The number of piperazine rings is 1. The van der Waals surface area contributed by atoms with Crippen LogP contribution in [0, 0.1) is 0 Å². The van der Waals surface area contributed by atoms with Gasteiger partial charge in [0, 0.05) is 32.0 Å². The van der Waals surface area contributed by atoms with Crippen molar-refractivity contribution >= 4 is 5.91 Å². The summed E-state index contributed by atoms with van der Waals surface area (Å²) in [7, 11) is 0. The van der Waals surface area contributed by atoms with E-state index in [0.29, 0.717) is 13.0 Å². The van der Waals surface area contributed by atoms with Gasteiger partial charge in [-0.2, -0.15) is 0 Å².